The number of nitrogens with zero attached hydrogens (tertiary/aromatic N) is 1. The first-order valence-electron chi connectivity index (χ1n) is 5.72. The van der Waals surface area contributed by atoms with Crippen LogP contribution in [0.25, 0.3) is 0 Å². The minimum Gasteiger partial charge on any atom is -0.447 e. The van der Waals surface area contributed by atoms with Crippen molar-refractivity contribution in [3.8, 4) is 0 Å². The van der Waals surface area contributed by atoms with E-state index in [4.69, 9.17) is 10.5 Å². The average molecular weight is 236 g/mol. The topological polar surface area (TPSA) is 55.6 Å². The summed E-state index contributed by atoms with van der Waals surface area (Å²) in [7, 11) is 1.72. The van der Waals surface area contributed by atoms with Gasteiger partial charge in [0.15, 0.2) is 0 Å². The Morgan fingerprint density at radius 2 is 2.06 bits per heavy atom. The Balaban J connectivity index is 2.60. The number of benzene rings is 1. The number of rotatable bonds is 4. The number of ether oxygens (including phenoxy) is 1. The van der Waals surface area contributed by atoms with Gasteiger partial charge in [-0.3, -0.25) is 0 Å². The first-order chi connectivity index (χ1) is 8.02. The molecule has 0 fully saturated rings. The second kappa shape index (κ2) is 6.25. The molecule has 0 atom stereocenters. The summed E-state index contributed by atoms with van der Waals surface area (Å²) in [6.07, 6.45) is -0.404. The molecule has 0 aliphatic carbocycles. The number of amides is 1. The van der Waals surface area contributed by atoms with Crippen molar-refractivity contribution < 1.29 is 9.53 Å². The molecule has 4 nitrogen and oxygen atoms in total. The SMILES string of the molecule is CC(C)OC(=O)N(C)Cc1cccc(CN)c1. The molecule has 1 aromatic carbocycles. The molecule has 0 unspecified atom stereocenters. The maximum atomic E-state index is 11.6. The van der Waals surface area contributed by atoms with Gasteiger partial charge < -0.3 is 15.4 Å². The van der Waals surface area contributed by atoms with Crippen molar-refractivity contribution in [2.45, 2.75) is 33.0 Å². The molecular weight excluding hydrogens is 216 g/mol. The number of hydrogen-bond donors (Lipinski definition) is 1. The van der Waals surface area contributed by atoms with Gasteiger partial charge in [0.05, 0.1) is 6.10 Å². The van der Waals surface area contributed by atoms with Crippen molar-refractivity contribution in [3.05, 3.63) is 35.4 Å². The van der Waals surface area contributed by atoms with Crippen LogP contribution in [-0.2, 0) is 17.8 Å². The monoisotopic (exact) mass is 236 g/mol. The summed E-state index contributed by atoms with van der Waals surface area (Å²) in [6.45, 7) is 4.70. The van der Waals surface area contributed by atoms with Gasteiger partial charge >= 0.3 is 6.09 Å². The van der Waals surface area contributed by atoms with E-state index in [1.54, 1.807) is 11.9 Å². The summed E-state index contributed by atoms with van der Waals surface area (Å²) >= 11 is 0. The molecule has 1 rings (SSSR count). The summed E-state index contributed by atoms with van der Waals surface area (Å²) in [5.74, 6) is 0. The molecule has 94 valence electrons. The predicted molar refractivity (Wildman–Crippen MR) is 67.4 cm³/mol. The van der Waals surface area contributed by atoms with Crippen LogP contribution in [0.3, 0.4) is 0 Å². The highest BCUT2D eigenvalue weighted by Gasteiger charge is 2.11. The van der Waals surface area contributed by atoms with Crippen LogP contribution in [0, 0.1) is 0 Å². The minimum atomic E-state index is -0.307. The summed E-state index contributed by atoms with van der Waals surface area (Å²) in [5, 5.41) is 0. The van der Waals surface area contributed by atoms with Crippen LogP contribution in [0.4, 0.5) is 4.79 Å². The Kier molecular flexibility index (Phi) is 4.97. The van der Waals surface area contributed by atoms with Gasteiger partial charge in [-0.15, -0.1) is 0 Å². The molecule has 0 spiro atoms. The molecule has 0 heterocycles. The molecule has 0 aromatic heterocycles. The largest absolute Gasteiger partial charge is 0.447 e. The zero-order valence-electron chi connectivity index (χ0n) is 10.6. The van der Waals surface area contributed by atoms with Crippen LogP contribution in [0.5, 0.6) is 0 Å². The highest BCUT2D eigenvalue weighted by atomic mass is 16.6. The second-order valence-electron chi connectivity index (χ2n) is 4.31. The van der Waals surface area contributed by atoms with E-state index in [0.717, 1.165) is 11.1 Å². The third kappa shape index (κ3) is 4.44. The fraction of sp³-hybridized carbons (Fsp3) is 0.462. The normalized spacial score (nSPS) is 10.4. The van der Waals surface area contributed by atoms with E-state index < -0.39 is 0 Å². The zero-order valence-corrected chi connectivity index (χ0v) is 10.6. The highest BCUT2D eigenvalue weighted by molar-refractivity contribution is 5.67. The Morgan fingerprint density at radius 1 is 1.41 bits per heavy atom. The minimum absolute atomic E-state index is 0.0969. The smallest absolute Gasteiger partial charge is 0.410 e. The zero-order chi connectivity index (χ0) is 12.8. The summed E-state index contributed by atoms with van der Waals surface area (Å²) in [4.78, 5) is 13.1. The molecule has 17 heavy (non-hydrogen) atoms. The van der Waals surface area contributed by atoms with Gasteiger partial charge in [-0.2, -0.15) is 0 Å². The fourth-order valence-electron chi connectivity index (χ4n) is 1.48. The third-order valence-electron chi connectivity index (χ3n) is 2.30. The summed E-state index contributed by atoms with van der Waals surface area (Å²) < 4.78 is 5.10. The van der Waals surface area contributed by atoms with Crippen molar-refractivity contribution in [2.75, 3.05) is 7.05 Å². The van der Waals surface area contributed by atoms with Crippen LogP contribution in [0.1, 0.15) is 25.0 Å². The number of carbonyl (C=O) groups is 1. The first-order valence-corrected chi connectivity index (χ1v) is 5.72. The van der Waals surface area contributed by atoms with Crippen LogP contribution in [0.2, 0.25) is 0 Å². The lowest BCUT2D eigenvalue weighted by atomic mass is 10.1. The Morgan fingerprint density at radius 3 is 2.65 bits per heavy atom. The van der Waals surface area contributed by atoms with Gasteiger partial charge in [0, 0.05) is 20.1 Å². The fourth-order valence-corrected chi connectivity index (χ4v) is 1.48. The number of carbonyl (C=O) groups excluding carboxylic acids is 1. The molecule has 0 saturated carbocycles. The van der Waals surface area contributed by atoms with Crippen LogP contribution in [-0.4, -0.2) is 24.1 Å². The maximum absolute atomic E-state index is 11.6. The Labute approximate surface area is 102 Å². The van der Waals surface area contributed by atoms with E-state index in [2.05, 4.69) is 0 Å². The van der Waals surface area contributed by atoms with E-state index in [9.17, 15) is 4.79 Å². The first kappa shape index (κ1) is 13.5. The Bertz CT molecular complexity index is 377. The summed E-state index contributed by atoms with van der Waals surface area (Å²) in [5.41, 5.74) is 7.69. The molecule has 4 heteroatoms. The van der Waals surface area contributed by atoms with Crippen LogP contribution < -0.4 is 5.73 Å². The molecule has 0 bridgehead atoms. The van der Waals surface area contributed by atoms with Crippen molar-refractivity contribution in [1.29, 1.82) is 0 Å². The molecule has 1 amide bonds. The second-order valence-corrected chi connectivity index (χ2v) is 4.31. The van der Waals surface area contributed by atoms with Crippen molar-refractivity contribution >= 4 is 6.09 Å². The van der Waals surface area contributed by atoms with Crippen LogP contribution >= 0.6 is 0 Å². The van der Waals surface area contributed by atoms with Gasteiger partial charge in [-0.05, 0) is 25.0 Å². The quantitative estimate of drug-likeness (QED) is 0.871. The van der Waals surface area contributed by atoms with E-state index in [-0.39, 0.29) is 12.2 Å². The van der Waals surface area contributed by atoms with Gasteiger partial charge in [0.2, 0.25) is 0 Å². The predicted octanol–water partition coefficient (Wildman–Crippen LogP) is 2.12. The van der Waals surface area contributed by atoms with Gasteiger partial charge in [0.1, 0.15) is 0 Å². The van der Waals surface area contributed by atoms with E-state index in [1.165, 1.54) is 0 Å². The number of hydrogen-bond acceptors (Lipinski definition) is 3. The standard InChI is InChI=1S/C13H20N2O2/c1-10(2)17-13(16)15(3)9-12-6-4-5-11(7-12)8-14/h4-7,10H,8-9,14H2,1-3H3. The lowest BCUT2D eigenvalue weighted by Crippen LogP contribution is -2.29. The van der Waals surface area contributed by atoms with Gasteiger partial charge in [-0.1, -0.05) is 24.3 Å². The Hall–Kier alpha value is -1.55. The molecule has 1 aromatic rings. The van der Waals surface area contributed by atoms with Crippen molar-refractivity contribution in [1.82, 2.24) is 4.90 Å². The van der Waals surface area contributed by atoms with E-state index in [1.807, 2.05) is 38.1 Å². The van der Waals surface area contributed by atoms with Gasteiger partial charge in [0.25, 0.3) is 0 Å². The highest BCUT2D eigenvalue weighted by Crippen LogP contribution is 2.08. The number of nitrogens with two attached hydrogens (primary N) is 1. The average Bonchev–Trinajstić information content (AvgIpc) is 2.28. The van der Waals surface area contributed by atoms with E-state index >= 15 is 0 Å². The molecule has 0 aliphatic heterocycles. The summed E-state index contributed by atoms with van der Waals surface area (Å²) in [6, 6.07) is 7.88. The molecular formula is C13H20N2O2. The van der Waals surface area contributed by atoms with Crippen molar-refractivity contribution in [2.24, 2.45) is 5.73 Å². The maximum Gasteiger partial charge on any atom is 0.410 e. The van der Waals surface area contributed by atoms with Crippen molar-refractivity contribution in [3.63, 3.8) is 0 Å². The van der Waals surface area contributed by atoms with Crippen LogP contribution in [0.15, 0.2) is 24.3 Å². The molecule has 2 N–H and O–H groups in total. The molecule has 0 aliphatic rings. The molecule has 0 saturated heterocycles. The van der Waals surface area contributed by atoms with E-state index in [0.29, 0.717) is 13.1 Å². The lowest BCUT2D eigenvalue weighted by molar-refractivity contribution is 0.0822. The van der Waals surface area contributed by atoms with Gasteiger partial charge in [-0.25, -0.2) is 4.79 Å². The third-order valence-corrected chi connectivity index (χ3v) is 2.30. The lowest BCUT2D eigenvalue weighted by Gasteiger charge is -2.19. The molecule has 0 radical (unpaired) electrons.